The molecule has 2 N–H and O–H groups in total. The predicted octanol–water partition coefficient (Wildman–Crippen LogP) is 2.54. The van der Waals surface area contributed by atoms with Crippen molar-refractivity contribution in [2.24, 2.45) is 0 Å². The minimum Gasteiger partial charge on any atom is -0.497 e. The maximum atomic E-state index is 12.7. The van der Waals surface area contributed by atoms with Crippen LogP contribution in [0.4, 0.5) is 0 Å². The summed E-state index contributed by atoms with van der Waals surface area (Å²) in [6, 6.07) is 10.7. The van der Waals surface area contributed by atoms with Gasteiger partial charge in [0.1, 0.15) is 17.0 Å². The fourth-order valence-electron chi connectivity index (χ4n) is 3.33. The van der Waals surface area contributed by atoms with Gasteiger partial charge >= 0.3 is 0 Å². The van der Waals surface area contributed by atoms with Crippen LogP contribution in [0.25, 0.3) is 0 Å². The van der Waals surface area contributed by atoms with Crippen molar-refractivity contribution >= 4 is 5.91 Å². The van der Waals surface area contributed by atoms with Crippen molar-refractivity contribution in [3.05, 3.63) is 53.9 Å². The van der Waals surface area contributed by atoms with E-state index < -0.39 is 5.60 Å². The Hall–Kier alpha value is -2.27. The summed E-state index contributed by atoms with van der Waals surface area (Å²) in [6.07, 6.45) is 3.41. The molecule has 1 amide bonds. The van der Waals surface area contributed by atoms with E-state index >= 15 is 0 Å². The molecule has 0 saturated carbocycles. The Morgan fingerprint density at radius 1 is 1.35 bits per heavy atom. The molecule has 0 spiro atoms. The van der Waals surface area contributed by atoms with Gasteiger partial charge in [0, 0.05) is 12.7 Å². The van der Waals surface area contributed by atoms with Crippen molar-refractivity contribution in [3.63, 3.8) is 0 Å². The molecule has 5 heteroatoms. The van der Waals surface area contributed by atoms with Gasteiger partial charge in [-0.25, -0.2) is 0 Å². The van der Waals surface area contributed by atoms with E-state index in [1.165, 1.54) is 0 Å². The van der Waals surface area contributed by atoms with E-state index in [2.05, 4.69) is 4.98 Å². The zero-order chi connectivity index (χ0) is 16.4. The van der Waals surface area contributed by atoms with Gasteiger partial charge in [-0.2, -0.15) is 0 Å². The molecule has 3 rings (SSSR count). The van der Waals surface area contributed by atoms with Crippen molar-refractivity contribution in [2.45, 2.75) is 31.4 Å². The first-order valence-corrected chi connectivity index (χ1v) is 7.85. The molecule has 23 heavy (non-hydrogen) atoms. The first-order valence-electron chi connectivity index (χ1n) is 7.85. The number of benzene rings is 1. The van der Waals surface area contributed by atoms with E-state index in [0.717, 1.165) is 24.2 Å². The van der Waals surface area contributed by atoms with Crippen molar-refractivity contribution < 1.29 is 14.6 Å². The lowest BCUT2D eigenvalue weighted by Gasteiger charge is -2.36. The number of H-pyrrole nitrogens is 1. The summed E-state index contributed by atoms with van der Waals surface area (Å²) in [5.41, 5.74) is 0.238. The molecule has 5 nitrogen and oxygen atoms in total. The number of rotatable bonds is 4. The Bertz CT molecular complexity index is 662. The van der Waals surface area contributed by atoms with Gasteiger partial charge in [0.25, 0.3) is 5.91 Å². The Morgan fingerprint density at radius 3 is 2.70 bits per heavy atom. The van der Waals surface area contributed by atoms with Crippen LogP contribution < -0.4 is 4.74 Å². The number of ether oxygens (including phenoxy) is 1. The fraction of sp³-hybridized carbons (Fsp3) is 0.389. The van der Waals surface area contributed by atoms with Gasteiger partial charge in [-0.15, -0.1) is 0 Å². The van der Waals surface area contributed by atoms with Gasteiger partial charge in [-0.1, -0.05) is 12.1 Å². The van der Waals surface area contributed by atoms with Crippen LogP contribution in [0.15, 0.2) is 42.6 Å². The molecule has 1 aliphatic rings. The minimum absolute atomic E-state index is 0.0636. The van der Waals surface area contributed by atoms with Crippen molar-refractivity contribution in [2.75, 3.05) is 13.7 Å². The van der Waals surface area contributed by atoms with Gasteiger partial charge in [0.2, 0.25) is 0 Å². The third kappa shape index (κ3) is 2.84. The van der Waals surface area contributed by atoms with Crippen molar-refractivity contribution in [1.29, 1.82) is 0 Å². The van der Waals surface area contributed by atoms with Crippen LogP contribution in [0.1, 0.15) is 35.8 Å². The number of carbonyl (C=O) groups is 1. The molecular formula is C18H22N2O3. The minimum atomic E-state index is -1.11. The van der Waals surface area contributed by atoms with Crippen LogP contribution in [0.2, 0.25) is 0 Å². The summed E-state index contributed by atoms with van der Waals surface area (Å²) >= 11 is 0. The highest BCUT2D eigenvalue weighted by atomic mass is 16.5. The number of nitrogens with one attached hydrogen (secondary N) is 1. The van der Waals surface area contributed by atoms with Crippen LogP contribution >= 0.6 is 0 Å². The first-order chi connectivity index (χ1) is 11.0. The second-order valence-electron chi connectivity index (χ2n) is 6.12. The standard InChI is InChI=1S/C18H22N2O3/c1-18(22,13-7-9-14(23-2)10-8-13)16-6-4-12-20(16)17(21)15-5-3-11-19-15/h3,5,7-11,16,19,22H,4,6,12H2,1-2H3/t16-,18-/m1/s1. The number of likely N-dealkylation sites (tertiary alicyclic amines) is 1. The second-order valence-corrected chi connectivity index (χ2v) is 6.12. The maximum Gasteiger partial charge on any atom is 0.270 e. The highest BCUT2D eigenvalue weighted by Gasteiger charge is 2.42. The molecule has 2 heterocycles. The molecule has 1 saturated heterocycles. The fourth-order valence-corrected chi connectivity index (χ4v) is 3.33. The van der Waals surface area contributed by atoms with E-state index in [-0.39, 0.29) is 11.9 Å². The van der Waals surface area contributed by atoms with Gasteiger partial charge < -0.3 is 19.7 Å². The Balaban J connectivity index is 1.86. The number of nitrogens with zero attached hydrogens (tertiary/aromatic N) is 1. The Labute approximate surface area is 135 Å². The van der Waals surface area contributed by atoms with E-state index in [4.69, 9.17) is 4.74 Å². The van der Waals surface area contributed by atoms with Crippen LogP contribution in [0.5, 0.6) is 5.75 Å². The zero-order valence-electron chi connectivity index (χ0n) is 13.5. The molecule has 2 atom stereocenters. The molecule has 0 unspecified atom stereocenters. The zero-order valence-corrected chi connectivity index (χ0v) is 13.5. The highest BCUT2D eigenvalue weighted by Crippen LogP contribution is 2.35. The molecule has 1 aromatic carbocycles. The number of aromatic amines is 1. The molecule has 1 fully saturated rings. The molecular weight excluding hydrogens is 292 g/mol. The Kier molecular flexibility index (Phi) is 4.13. The van der Waals surface area contributed by atoms with Crippen LogP contribution in [-0.4, -0.2) is 40.6 Å². The molecule has 0 aliphatic carbocycles. The SMILES string of the molecule is COc1ccc([C@@](C)(O)[C@H]2CCCN2C(=O)c2ccc[nH]2)cc1. The van der Waals surface area contributed by atoms with Crippen LogP contribution in [0.3, 0.4) is 0 Å². The smallest absolute Gasteiger partial charge is 0.270 e. The lowest BCUT2D eigenvalue weighted by atomic mass is 9.86. The maximum absolute atomic E-state index is 12.7. The quantitative estimate of drug-likeness (QED) is 0.911. The number of aromatic nitrogens is 1. The van der Waals surface area contributed by atoms with E-state index in [0.29, 0.717) is 12.2 Å². The van der Waals surface area contributed by atoms with E-state index in [1.54, 1.807) is 37.3 Å². The highest BCUT2D eigenvalue weighted by molar-refractivity contribution is 5.92. The summed E-state index contributed by atoms with van der Waals surface area (Å²) in [5, 5.41) is 11.1. The van der Waals surface area contributed by atoms with Crippen LogP contribution in [-0.2, 0) is 5.60 Å². The normalized spacial score (nSPS) is 20.3. The summed E-state index contributed by atoms with van der Waals surface area (Å²) in [4.78, 5) is 17.4. The number of hydrogen-bond donors (Lipinski definition) is 2. The van der Waals surface area contributed by atoms with Crippen molar-refractivity contribution in [3.8, 4) is 5.75 Å². The Morgan fingerprint density at radius 2 is 2.09 bits per heavy atom. The third-order valence-electron chi connectivity index (χ3n) is 4.67. The molecule has 2 aromatic rings. The summed E-state index contributed by atoms with van der Waals surface area (Å²) in [7, 11) is 1.61. The third-order valence-corrected chi connectivity index (χ3v) is 4.67. The van der Waals surface area contributed by atoms with E-state index in [1.807, 2.05) is 24.3 Å². The van der Waals surface area contributed by atoms with E-state index in [9.17, 15) is 9.90 Å². The summed E-state index contributed by atoms with van der Waals surface area (Å²) in [6.45, 7) is 2.44. The predicted molar refractivity (Wildman–Crippen MR) is 87.4 cm³/mol. The second kappa shape index (κ2) is 6.08. The topological polar surface area (TPSA) is 65.6 Å². The number of hydrogen-bond acceptors (Lipinski definition) is 3. The summed E-state index contributed by atoms with van der Waals surface area (Å²) < 4.78 is 5.17. The van der Waals surface area contributed by atoms with Crippen LogP contribution in [0, 0.1) is 0 Å². The van der Waals surface area contributed by atoms with Gasteiger partial charge in [0.15, 0.2) is 0 Å². The average molecular weight is 314 g/mol. The van der Waals surface area contributed by atoms with Gasteiger partial charge in [-0.3, -0.25) is 4.79 Å². The monoisotopic (exact) mass is 314 g/mol. The lowest BCUT2D eigenvalue weighted by Crippen LogP contribution is -2.48. The number of carbonyl (C=O) groups excluding carboxylic acids is 1. The van der Waals surface area contributed by atoms with Gasteiger partial charge in [-0.05, 0) is 49.6 Å². The number of methoxy groups -OCH3 is 1. The molecule has 1 aromatic heterocycles. The molecule has 0 radical (unpaired) electrons. The van der Waals surface area contributed by atoms with Gasteiger partial charge in [0.05, 0.1) is 13.2 Å². The molecule has 122 valence electrons. The largest absolute Gasteiger partial charge is 0.497 e. The summed E-state index contributed by atoms with van der Waals surface area (Å²) in [5.74, 6) is 0.682. The molecule has 1 aliphatic heterocycles. The van der Waals surface area contributed by atoms with Crippen molar-refractivity contribution in [1.82, 2.24) is 9.88 Å². The lowest BCUT2D eigenvalue weighted by molar-refractivity contribution is -0.0178. The number of aliphatic hydroxyl groups is 1. The molecule has 0 bridgehead atoms. The average Bonchev–Trinajstić information content (AvgIpc) is 3.25. The first kappa shape index (κ1) is 15.6. The number of amides is 1.